The molecule has 0 saturated heterocycles. The van der Waals surface area contributed by atoms with Crippen LogP contribution in [0.1, 0.15) is 206 Å². The van der Waals surface area contributed by atoms with Crippen LogP contribution >= 0.6 is 0 Å². The van der Waals surface area contributed by atoms with E-state index in [0.717, 1.165) is 19.3 Å². The molecule has 4 heteroatoms. The Kier molecular flexibility index (Phi) is 40.4. The summed E-state index contributed by atoms with van der Waals surface area (Å²) in [6.45, 7) is 4.54. The maximum atomic E-state index is 10.9. The first kappa shape index (κ1) is 42.8. The molecule has 0 fully saturated rings. The van der Waals surface area contributed by atoms with E-state index >= 15 is 0 Å². The molecule has 0 heterocycles. The second-order valence-electron chi connectivity index (χ2n) is 12.2. The molecule has 0 aromatic heterocycles. The Morgan fingerprint density at radius 1 is 0.381 bits per heavy atom. The van der Waals surface area contributed by atoms with Gasteiger partial charge in [0.1, 0.15) is 0 Å². The van der Waals surface area contributed by atoms with Crippen molar-refractivity contribution in [1.29, 1.82) is 0 Å². The van der Waals surface area contributed by atoms with Crippen LogP contribution in [0.15, 0.2) is 12.2 Å². The first-order valence-electron chi connectivity index (χ1n) is 18.4. The standard InChI is InChI=1S/C19H38O2.C19H36O2/c2*1-3-4-5-6-7-8-9-10-11-12-13-14-15-16-17-18-19(20)21-2/h3-18H2,1-2H3;10-11H,3-9,12-18H2,1-2H3. The second-order valence-corrected chi connectivity index (χ2v) is 12.2. The highest BCUT2D eigenvalue weighted by Gasteiger charge is 2.00. The molecule has 0 aliphatic heterocycles. The van der Waals surface area contributed by atoms with Gasteiger partial charge in [-0.1, -0.05) is 167 Å². The summed E-state index contributed by atoms with van der Waals surface area (Å²) in [7, 11) is 2.92. The van der Waals surface area contributed by atoms with Crippen LogP contribution in [-0.2, 0) is 19.1 Å². The molecule has 250 valence electrons. The summed E-state index contributed by atoms with van der Waals surface area (Å²) in [4.78, 5) is 21.8. The van der Waals surface area contributed by atoms with E-state index in [1.807, 2.05) is 0 Å². The van der Waals surface area contributed by atoms with Crippen molar-refractivity contribution in [3.63, 3.8) is 0 Å². The highest BCUT2D eigenvalue weighted by molar-refractivity contribution is 5.69. The summed E-state index contributed by atoms with van der Waals surface area (Å²) >= 11 is 0. The van der Waals surface area contributed by atoms with Gasteiger partial charge in [-0.05, 0) is 38.5 Å². The molecule has 0 aliphatic carbocycles. The van der Waals surface area contributed by atoms with Gasteiger partial charge in [0.2, 0.25) is 0 Å². The van der Waals surface area contributed by atoms with Gasteiger partial charge in [-0.25, -0.2) is 0 Å². The van der Waals surface area contributed by atoms with Gasteiger partial charge in [-0.2, -0.15) is 0 Å². The molecule has 0 aromatic carbocycles. The van der Waals surface area contributed by atoms with Crippen molar-refractivity contribution < 1.29 is 19.1 Å². The van der Waals surface area contributed by atoms with Crippen molar-refractivity contribution >= 4 is 11.9 Å². The van der Waals surface area contributed by atoms with Crippen molar-refractivity contribution in [3.05, 3.63) is 12.2 Å². The molecule has 0 atom stereocenters. The zero-order valence-electron chi connectivity index (χ0n) is 29.0. The quantitative estimate of drug-likeness (QED) is 0.0455. The normalized spacial score (nSPS) is 11.0. The second kappa shape index (κ2) is 39.7. The van der Waals surface area contributed by atoms with Crippen LogP contribution < -0.4 is 0 Å². The van der Waals surface area contributed by atoms with Gasteiger partial charge in [0.15, 0.2) is 0 Å². The lowest BCUT2D eigenvalue weighted by Crippen LogP contribution is -1.99. The zero-order valence-corrected chi connectivity index (χ0v) is 29.0. The number of carbonyl (C=O) groups is 2. The third-order valence-corrected chi connectivity index (χ3v) is 8.08. The lowest BCUT2D eigenvalue weighted by Gasteiger charge is -2.03. The molecule has 0 rings (SSSR count). The van der Waals surface area contributed by atoms with E-state index in [1.165, 1.54) is 175 Å². The summed E-state index contributed by atoms with van der Waals surface area (Å²) in [5.41, 5.74) is 0. The number of hydrogen-bond donors (Lipinski definition) is 0. The fourth-order valence-corrected chi connectivity index (χ4v) is 5.18. The molecule has 0 radical (unpaired) electrons. The molecule has 0 aromatic rings. The number of ether oxygens (including phenoxy) is 2. The maximum Gasteiger partial charge on any atom is 0.305 e. The van der Waals surface area contributed by atoms with Gasteiger partial charge in [-0.15, -0.1) is 0 Å². The van der Waals surface area contributed by atoms with Crippen LogP contribution in [0.5, 0.6) is 0 Å². The van der Waals surface area contributed by atoms with Gasteiger partial charge in [0, 0.05) is 12.8 Å². The third kappa shape index (κ3) is 40.8. The molecule has 0 N–H and O–H groups in total. The predicted molar refractivity (Wildman–Crippen MR) is 183 cm³/mol. The van der Waals surface area contributed by atoms with Crippen molar-refractivity contribution in [2.24, 2.45) is 0 Å². The summed E-state index contributed by atoms with van der Waals surface area (Å²) in [5, 5.41) is 0. The van der Waals surface area contributed by atoms with E-state index in [4.69, 9.17) is 0 Å². The zero-order chi connectivity index (χ0) is 31.2. The summed E-state index contributed by atoms with van der Waals surface area (Å²) < 4.78 is 9.25. The molecule has 0 amide bonds. The Morgan fingerprint density at radius 2 is 0.619 bits per heavy atom. The Labute approximate surface area is 263 Å². The lowest BCUT2D eigenvalue weighted by molar-refractivity contribution is -0.141. The average Bonchev–Trinajstić information content (AvgIpc) is 3.01. The van der Waals surface area contributed by atoms with Crippen LogP contribution in [0.2, 0.25) is 0 Å². The minimum atomic E-state index is -0.0763. The predicted octanol–water partition coefficient (Wildman–Crippen LogP) is 12.6. The number of rotatable bonds is 31. The molecule has 0 saturated carbocycles. The van der Waals surface area contributed by atoms with Crippen molar-refractivity contribution in [3.8, 4) is 0 Å². The first-order chi connectivity index (χ1) is 20.6. The largest absolute Gasteiger partial charge is 0.469 e. The minimum absolute atomic E-state index is 0.0651. The Bertz CT molecular complexity index is 557. The monoisotopic (exact) mass is 595 g/mol. The molecule has 0 spiro atoms. The van der Waals surface area contributed by atoms with Crippen molar-refractivity contribution in [2.45, 2.75) is 206 Å². The van der Waals surface area contributed by atoms with Gasteiger partial charge < -0.3 is 9.47 Å². The van der Waals surface area contributed by atoms with Gasteiger partial charge in [-0.3, -0.25) is 9.59 Å². The Balaban J connectivity index is 0. The fraction of sp³-hybridized carbons (Fsp3) is 0.895. The van der Waals surface area contributed by atoms with Crippen LogP contribution in [0.4, 0.5) is 0 Å². The number of hydrogen-bond acceptors (Lipinski definition) is 4. The molecule has 42 heavy (non-hydrogen) atoms. The molecular weight excluding hydrogens is 520 g/mol. The van der Waals surface area contributed by atoms with Crippen LogP contribution in [0.3, 0.4) is 0 Å². The third-order valence-electron chi connectivity index (χ3n) is 8.08. The van der Waals surface area contributed by atoms with E-state index in [2.05, 4.69) is 35.5 Å². The molecule has 4 nitrogen and oxygen atoms in total. The number of unbranched alkanes of at least 4 members (excludes halogenated alkanes) is 25. The van der Waals surface area contributed by atoms with E-state index in [9.17, 15) is 9.59 Å². The number of allylic oxidation sites excluding steroid dienone is 2. The molecule has 0 aliphatic rings. The van der Waals surface area contributed by atoms with E-state index in [0.29, 0.717) is 12.8 Å². The number of esters is 2. The van der Waals surface area contributed by atoms with Crippen molar-refractivity contribution in [1.82, 2.24) is 0 Å². The van der Waals surface area contributed by atoms with Crippen molar-refractivity contribution in [2.75, 3.05) is 14.2 Å². The number of methoxy groups -OCH3 is 2. The van der Waals surface area contributed by atoms with E-state index in [-0.39, 0.29) is 11.9 Å². The van der Waals surface area contributed by atoms with Gasteiger partial charge in [0.25, 0.3) is 0 Å². The van der Waals surface area contributed by atoms with Gasteiger partial charge >= 0.3 is 11.9 Å². The SMILES string of the molecule is CCCCCCCCC=CCCCCCCCC(=O)OC.CCCCCCCCCCCCCCCCCC(=O)OC. The molecule has 0 bridgehead atoms. The first-order valence-corrected chi connectivity index (χ1v) is 18.4. The van der Waals surface area contributed by atoms with Gasteiger partial charge in [0.05, 0.1) is 14.2 Å². The summed E-state index contributed by atoms with van der Waals surface area (Å²) in [6, 6.07) is 0. The number of carbonyl (C=O) groups excluding carboxylic acids is 2. The smallest absolute Gasteiger partial charge is 0.305 e. The highest BCUT2D eigenvalue weighted by atomic mass is 16.5. The fourth-order valence-electron chi connectivity index (χ4n) is 5.18. The average molecular weight is 595 g/mol. The topological polar surface area (TPSA) is 52.6 Å². The lowest BCUT2D eigenvalue weighted by atomic mass is 10.0. The Hall–Kier alpha value is -1.32. The van der Waals surface area contributed by atoms with E-state index < -0.39 is 0 Å². The highest BCUT2D eigenvalue weighted by Crippen LogP contribution is 2.14. The van der Waals surface area contributed by atoms with Crippen LogP contribution in [0.25, 0.3) is 0 Å². The summed E-state index contributed by atoms with van der Waals surface area (Å²) in [6.07, 6.45) is 42.9. The van der Waals surface area contributed by atoms with E-state index in [1.54, 1.807) is 0 Å². The minimum Gasteiger partial charge on any atom is -0.469 e. The maximum absolute atomic E-state index is 10.9. The molecule has 0 unspecified atom stereocenters. The summed E-state index contributed by atoms with van der Waals surface area (Å²) in [5.74, 6) is -0.141. The van der Waals surface area contributed by atoms with Crippen LogP contribution in [0, 0.1) is 0 Å². The molecular formula is C38H74O4. The van der Waals surface area contributed by atoms with Crippen LogP contribution in [-0.4, -0.2) is 26.2 Å². The Morgan fingerprint density at radius 3 is 0.881 bits per heavy atom.